The molecule has 0 aliphatic heterocycles. The number of hydrogen-bond acceptors (Lipinski definition) is 4. The van der Waals surface area contributed by atoms with Crippen LogP contribution in [-0.4, -0.2) is 23.7 Å². The minimum absolute atomic E-state index is 0.0380. The lowest BCUT2D eigenvalue weighted by molar-refractivity contribution is -0.151. The summed E-state index contributed by atoms with van der Waals surface area (Å²) in [6.45, 7) is 7.99. The van der Waals surface area contributed by atoms with Crippen molar-refractivity contribution in [3.8, 4) is 0 Å². The average molecular weight is 376 g/mol. The van der Waals surface area contributed by atoms with E-state index in [0.29, 0.717) is 12.5 Å². The molecule has 0 aromatic heterocycles. The zero-order chi connectivity index (χ0) is 19.9. The lowest BCUT2D eigenvalue weighted by Crippen LogP contribution is -2.44. The normalized spacial score (nSPS) is 21.2. The first-order valence-electron chi connectivity index (χ1n) is 9.98. The van der Waals surface area contributed by atoms with Gasteiger partial charge in [0.2, 0.25) is 0 Å². The van der Waals surface area contributed by atoms with Gasteiger partial charge in [-0.1, -0.05) is 37.3 Å². The molecule has 0 spiro atoms. The number of nitrogens with one attached hydrogen (secondary N) is 1. The van der Waals surface area contributed by atoms with Crippen LogP contribution in [0, 0.1) is 11.8 Å². The van der Waals surface area contributed by atoms with Gasteiger partial charge in [0.25, 0.3) is 0 Å². The zero-order valence-electron chi connectivity index (χ0n) is 17.0. The van der Waals surface area contributed by atoms with Gasteiger partial charge in [0.15, 0.2) is 0 Å². The Kier molecular flexibility index (Phi) is 7.69. The number of carbonyl (C=O) groups is 2. The Morgan fingerprint density at radius 1 is 1.11 bits per heavy atom. The minimum atomic E-state index is -0.497. The summed E-state index contributed by atoms with van der Waals surface area (Å²) in [5.41, 5.74) is 0.509. The molecular weight excluding hydrogens is 342 g/mol. The monoisotopic (exact) mass is 375 g/mol. The maximum absolute atomic E-state index is 12.3. The van der Waals surface area contributed by atoms with Gasteiger partial charge < -0.3 is 14.8 Å². The standard InChI is InChI=1S/C22H33NO4/c1-5-19(23-21(25)27-22(2,3)4)17-11-13-18(14-12-17)20(24)26-15-16-9-7-6-8-10-16/h6-10,17-19H,5,11-15H2,1-4H3,(H,23,25). The molecule has 0 bridgehead atoms. The first kappa shape index (κ1) is 21.3. The van der Waals surface area contributed by atoms with Gasteiger partial charge >= 0.3 is 12.1 Å². The van der Waals surface area contributed by atoms with Gasteiger partial charge in [-0.3, -0.25) is 4.79 Å². The lowest BCUT2D eigenvalue weighted by atomic mass is 9.78. The molecule has 1 N–H and O–H groups in total. The van der Waals surface area contributed by atoms with Crippen LogP contribution in [0.4, 0.5) is 4.79 Å². The number of alkyl carbamates (subject to hydrolysis) is 1. The molecule has 1 unspecified atom stereocenters. The van der Waals surface area contributed by atoms with Crippen molar-refractivity contribution in [2.45, 2.75) is 78.0 Å². The van der Waals surface area contributed by atoms with E-state index in [9.17, 15) is 9.59 Å². The number of esters is 1. The maximum Gasteiger partial charge on any atom is 0.407 e. The third-order valence-electron chi connectivity index (χ3n) is 5.04. The quantitative estimate of drug-likeness (QED) is 0.723. The minimum Gasteiger partial charge on any atom is -0.461 e. The highest BCUT2D eigenvalue weighted by Crippen LogP contribution is 2.32. The fourth-order valence-corrected chi connectivity index (χ4v) is 3.62. The van der Waals surface area contributed by atoms with Gasteiger partial charge in [-0.05, 0) is 64.4 Å². The van der Waals surface area contributed by atoms with Gasteiger partial charge in [0.1, 0.15) is 12.2 Å². The molecule has 1 saturated carbocycles. The molecule has 1 aromatic carbocycles. The Labute approximate surface area is 162 Å². The SMILES string of the molecule is CCC(NC(=O)OC(C)(C)C)C1CCC(C(=O)OCc2ccccc2)CC1. The van der Waals surface area contributed by atoms with Gasteiger partial charge in [-0.2, -0.15) is 0 Å². The molecule has 0 heterocycles. The summed E-state index contributed by atoms with van der Waals surface area (Å²) >= 11 is 0. The lowest BCUT2D eigenvalue weighted by Gasteiger charge is -2.33. The van der Waals surface area contributed by atoms with Gasteiger partial charge in [-0.15, -0.1) is 0 Å². The molecule has 5 heteroatoms. The van der Waals surface area contributed by atoms with E-state index < -0.39 is 5.60 Å². The van der Waals surface area contributed by atoms with Crippen LogP contribution in [0.3, 0.4) is 0 Å². The van der Waals surface area contributed by atoms with Crippen molar-refractivity contribution in [3.63, 3.8) is 0 Å². The van der Waals surface area contributed by atoms with Crippen molar-refractivity contribution in [1.82, 2.24) is 5.32 Å². The summed E-state index contributed by atoms with van der Waals surface area (Å²) < 4.78 is 10.9. The molecule has 0 saturated heterocycles. The van der Waals surface area contributed by atoms with Gasteiger partial charge in [-0.25, -0.2) is 4.79 Å². The zero-order valence-corrected chi connectivity index (χ0v) is 17.0. The highest BCUT2D eigenvalue weighted by Gasteiger charge is 2.32. The summed E-state index contributed by atoms with van der Waals surface area (Å²) in [6, 6.07) is 9.83. The second kappa shape index (κ2) is 9.77. The molecule has 1 aliphatic rings. The molecule has 150 valence electrons. The van der Waals surface area contributed by atoms with E-state index >= 15 is 0 Å². The van der Waals surface area contributed by atoms with E-state index in [-0.39, 0.29) is 24.0 Å². The summed E-state index contributed by atoms with van der Waals surface area (Å²) in [5.74, 6) is 0.232. The second-order valence-electron chi connectivity index (χ2n) is 8.37. The van der Waals surface area contributed by atoms with Crippen molar-refractivity contribution in [3.05, 3.63) is 35.9 Å². The molecule has 1 fully saturated rings. The third kappa shape index (κ3) is 7.24. The van der Waals surface area contributed by atoms with Crippen molar-refractivity contribution in [1.29, 1.82) is 0 Å². The third-order valence-corrected chi connectivity index (χ3v) is 5.04. The molecule has 0 radical (unpaired) electrons. The molecule has 1 aliphatic carbocycles. The van der Waals surface area contributed by atoms with Crippen LogP contribution >= 0.6 is 0 Å². The predicted octanol–water partition coefficient (Wildman–Crippen LogP) is 4.84. The summed E-state index contributed by atoms with van der Waals surface area (Å²) in [7, 11) is 0. The number of carbonyl (C=O) groups excluding carboxylic acids is 2. The summed E-state index contributed by atoms with van der Waals surface area (Å²) in [4.78, 5) is 24.4. The van der Waals surface area contributed by atoms with Crippen LogP contribution in [-0.2, 0) is 20.9 Å². The van der Waals surface area contributed by atoms with E-state index in [0.717, 1.165) is 37.7 Å². The van der Waals surface area contributed by atoms with Crippen LogP contribution < -0.4 is 5.32 Å². The summed E-state index contributed by atoms with van der Waals surface area (Å²) in [6.07, 6.45) is 3.94. The van der Waals surface area contributed by atoms with Crippen molar-refractivity contribution in [2.24, 2.45) is 11.8 Å². The molecule has 1 atom stereocenters. The number of rotatable bonds is 6. The fourth-order valence-electron chi connectivity index (χ4n) is 3.62. The van der Waals surface area contributed by atoms with Crippen LogP contribution in [0.15, 0.2) is 30.3 Å². The highest BCUT2D eigenvalue weighted by atomic mass is 16.6. The largest absolute Gasteiger partial charge is 0.461 e. The summed E-state index contributed by atoms with van der Waals surface area (Å²) in [5, 5.41) is 3.01. The molecule has 1 amide bonds. The number of hydrogen-bond donors (Lipinski definition) is 1. The Morgan fingerprint density at radius 3 is 2.30 bits per heavy atom. The van der Waals surface area contributed by atoms with Crippen molar-refractivity contribution in [2.75, 3.05) is 0 Å². The smallest absolute Gasteiger partial charge is 0.407 e. The van der Waals surface area contributed by atoms with Gasteiger partial charge in [0.05, 0.1) is 5.92 Å². The van der Waals surface area contributed by atoms with Gasteiger partial charge in [0, 0.05) is 6.04 Å². The molecular formula is C22H33NO4. The topological polar surface area (TPSA) is 64.6 Å². The van der Waals surface area contributed by atoms with Crippen LogP contribution in [0.2, 0.25) is 0 Å². The molecule has 27 heavy (non-hydrogen) atoms. The maximum atomic E-state index is 12.3. The second-order valence-corrected chi connectivity index (χ2v) is 8.37. The first-order chi connectivity index (χ1) is 12.8. The predicted molar refractivity (Wildman–Crippen MR) is 105 cm³/mol. The molecule has 5 nitrogen and oxygen atoms in total. The Bertz CT molecular complexity index is 600. The van der Waals surface area contributed by atoms with E-state index in [2.05, 4.69) is 12.2 Å². The van der Waals surface area contributed by atoms with Crippen LogP contribution in [0.25, 0.3) is 0 Å². The number of ether oxygens (including phenoxy) is 2. The van der Waals surface area contributed by atoms with E-state index in [1.165, 1.54) is 0 Å². The molecule has 2 rings (SSSR count). The number of amides is 1. The van der Waals surface area contributed by atoms with Crippen molar-refractivity contribution >= 4 is 12.1 Å². The Hall–Kier alpha value is -2.04. The fraction of sp³-hybridized carbons (Fsp3) is 0.636. The van der Waals surface area contributed by atoms with E-state index in [1.54, 1.807) is 0 Å². The average Bonchev–Trinajstić information content (AvgIpc) is 2.64. The van der Waals surface area contributed by atoms with E-state index in [4.69, 9.17) is 9.47 Å². The van der Waals surface area contributed by atoms with E-state index in [1.807, 2.05) is 51.1 Å². The van der Waals surface area contributed by atoms with Crippen LogP contribution in [0.1, 0.15) is 65.4 Å². The molecule has 1 aromatic rings. The Balaban J connectivity index is 1.77. The number of benzene rings is 1. The van der Waals surface area contributed by atoms with Crippen LogP contribution in [0.5, 0.6) is 0 Å². The Morgan fingerprint density at radius 2 is 1.74 bits per heavy atom. The highest BCUT2D eigenvalue weighted by molar-refractivity contribution is 5.72. The van der Waals surface area contributed by atoms with Crippen molar-refractivity contribution < 1.29 is 19.1 Å². The first-order valence-corrected chi connectivity index (χ1v) is 9.98.